The Labute approximate surface area is 167 Å². The van der Waals surface area contributed by atoms with E-state index >= 15 is 0 Å². The van der Waals surface area contributed by atoms with Crippen molar-refractivity contribution >= 4 is 34.8 Å². The van der Waals surface area contributed by atoms with E-state index in [-0.39, 0.29) is 11.8 Å². The number of esters is 1. The second-order valence-corrected chi connectivity index (χ2v) is 7.35. The van der Waals surface area contributed by atoms with Gasteiger partial charge in [-0.25, -0.2) is 4.79 Å². The maximum Gasteiger partial charge on any atom is 0.329 e. The fourth-order valence-electron chi connectivity index (χ4n) is 2.34. The number of para-hydroxylation sites is 1. The van der Waals surface area contributed by atoms with Gasteiger partial charge in [0.15, 0.2) is 6.10 Å². The number of nitrogens with one attached hydrogen (secondary N) is 2. The van der Waals surface area contributed by atoms with Crippen LogP contribution < -0.4 is 10.6 Å². The van der Waals surface area contributed by atoms with Crippen LogP contribution in [0.15, 0.2) is 41.8 Å². The number of carbonyl (C=O) groups is 3. The molecular weight excluding hydrogens is 378 g/mol. The SMILES string of the molecule is CC(C)[C@@H](NC(=O)c1cccs1)C(=O)O[C@@H](C)C(=O)Nc1ccccc1C#N. The largest absolute Gasteiger partial charge is 0.451 e. The van der Waals surface area contributed by atoms with E-state index in [0.717, 1.165) is 0 Å². The van der Waals surface area contributed by atoms with Crippen molar-refractivity contribution in [1.29, 1.82) is 5.26 Å². The van der Waals surface area contributed by atoms with Crippen molar-refractivity contribution < 1.29 is 19.1 Å². The quantitative estimate of drug-likeness (QED) is 0.696. The Kier molecular flexibility index (Phi) is 7.29. The van der Waals surface area contributed by atoms with Crippen LogP contribution in [0.5, 0.6) is 0 Å². The van der Waals surface area contributed by atoms with Gasteiger partial charge in [0.2, 0.25) is 0 Å². The zero-order valence-electron chi connectivity index (χ0n) is 15.8. The average molecular weight is 399 g/mol. The summed E-state index contributed by atoms with van der Waals surface area (Å²) in [6, 6.07) is 11.0. The second kappa shape index (κ2) is 9.67. The van der Waals surface area contributed by atoms with Crippen molar-refractivity contribution in [2.75, 3.05) is 5.32 Å². The average Bonchev–Trinajstić information content (AvgIpc) is 3.20. The molecule has 0 radical (unpaired) electrons. The lowest BCUT2D eigenvalue weighted by Crippen LogP contribution is -2.47. The Morgan fingerprint density at radius 2 is 1.82 bits per heavy atom. The van der Waals surface area contributed by atoms with Crippen LogP contribution in [-0.2, 0) is 14.3 Å². The molecule has 146 valence electrons. The van der Waals surface area contributed by atoms with Gasteiger partial charge in [0.05, 0.1) is 16.1 Å². The summed E-state index contributed by atoms with van der Waals surface area (Å²) in [5.74, 6) is -1.86. The Balaban J connectivity index is 2.00. The predicted octanol–water partition coefficient (Wildman–Crippen LogP) is 2.94. The third kappa shape index (κ3) is 5.41. The molecule has 1 heterocycles. The van der Waals surface area contributed by atoms with Gasteiger partial charge in [-0.1, -0.05) is 32.0 Å². The molecule has 2 amide bonds. The van der Waals surface area contributed by atoms with Crippen LogP contribution in [0.25, 0.3) is 0 Å². The van der Waals surface area contributed by atoms with Crippen LogP contribution in [0, 0.1) is 17.2 Å². The van der Waals surface area contributed by atoms with Gasteiger partial charge in [0, 0.05) is 0 Å². The number of hydrogen-bond acceptors (Lipinski definition) is 6. The predicted molar refractivity (Wildman–Crippen MR) is 106 cm³/mol. The number of nitriles is 1. The van der Waals surface area contributed by atoms with E-state index in [1.807, 2.05) is 6.07 Å². The molecule has 2 rings (SSSR count). The highest BCUT2D eigenvalue weighted by atomic mass is 32.1. The second-order valence-electron chi connectivity index (χ2n) is 6.40. The normalized spacial score (nSPS) is 12.5. The Bertz CT molecular complexity index is 887. The molecule has 0 unspecified atom stereocenters. The zero-order valence-corrected chi connectivity index (χ0v) is 16.6. The highest BCUT2D eigenvalue weighted by Crippen LogP contribution is 2.15. The summed E-state index contributed by atoms with van der Waals surface area (Å²) in [6.07, 6.45) is -1.10. The molecule has 0 aliphatic rings. The number of nitrogens with zero attached hydrogens (tertiary/aromatic N) is 1. The van der Waals surface area contributed by atoms with Gasteiger partial charge in [-0.3, -0.25) is 9.59 Å². The molecule has 0 aliphatic carbocycles. The van der Waals surface area contributed by atoms with Crippen LogP contribution >= 0.6 is 11.3 Å². The number of thiophene rings is 1. The highest BCUT2D eigenvalue weighted by molar-refractivity contribution is 7.12. The summed E-state index contributed by atoms with van der Waals surface area (Å²) < 4.78 is 5.25. The van der Waals surface area contributed by atoms with Gasteiger partial charge in [0.1, 0.15) is 12.1 Å². The van der Waals surface area contributed by atoms with Gasteiger partial charge < -0.3 is 15.4 Å². The van der Waals surface area contributed by atoms with E-state index in [1.54, 1.807) is 55.6 Å². The first kappa shape index (κ1) is 21.1. The van der Waals surface area contributed by atoms with Crippen LogP contribution in [0.2, 0.25) is 0 Å². The molecule has 0 saturated heterocycles. The highest BCUT2D eigenvalue weighted by Gasteiger charge is 2.29. The van der Waals surface area contributed by atoms with Crippen molar-refractivity contribution in [2.24, 2.45) is 5.92 Å². The Morgan fingerprint density at radius 1 is 1.11 bits per heavy atom. The fourth-order valence-corrected chi connectivity index (χ4v) is 2.97. The number of hydrogen-bond donors (Lipinski definition) is 2. The minimum absolute atomic E-state index is 0.231. The summed E-state index contributed by atoms with van der Waals surface area (Å²) in [5, 5.41) is 16.1. The van der Waals surface area contributed by atoms with E-state index in [1.165, 1.54) is 18.3 Å². The molecule has 0 aliphatic heterocycles. The minimum atomic E-state index is -1.10. The number of rotatable bonds is 7. The van der Waals surface area contributed by atoms with Crippen molar-refractivity contribution in [3.63, 3.8) is 0 Å². The molecule has 0 bridgehead atoms. The smallest absolute Gasteiger partial charge is 0.329 e. The Morgan fingerprint density at radius 3 is 2.43 bits per heavy atom. The lowest BCUT2D eigenvalue weighted by molar-refractivity contribution is -0.156. The maximum absolute atomic E-state index is 12.5. The van der Waals surface area contributed by atoms with Crippen molar-refractivity contribution in [3.05, 3.63) is 52.2 Å². The molecular formula is C20H21N3O4S. The number of amides is 2. The molecule has 0 saturated carbocycles. The molecule has 1 aromatic heterocycles. The first-order chi connectivity index (χ1) is 13.3. The van der Waals surface area contributed by atoms with Crippen LogP contribution in [0.4, 0.5) is 5.69 Å². The monoisotopic (exact) mass is 399 g/mol. The molecule has 8 heteroatoms. The summed E-state index contributed by atoms with van der Waals surface area (Å²) >= 11 is 1.27. The maximum atomic E-state index is 12.5. The third-order valence-electron chi connectivity index (χ3n) is 3.92. The van der Waals surface area contributed by atoms with E-state index in [2.05, 4.69) is 10.6 Å². The topological polar surface area (TPSA) is 108 Å². The van der Waals surface area contributed by atoms with E-state index in [9.17, 15) is 14.4 Å². The molecule has 0 fully saturated rings. The molecule has 7 nitrogen and oxygen atoms in total. The van der Waals surface area contributed by atoms with Crippen molar-refractivity contribution in [3.8, 4) is 6.07 Å². The van der Waals surface area contributed by atoms with Gasteiger partial charge >= 0.3 is 5.97 Å². The van der Waals surface area contributed by atoms with Crippen LogP contribution in [0.1, 0.15) is 36.0 Å². The minimum Gasteiger partial charge on any atom is -0.451 e. The molecule has 28 heavy (non-hydrogen) atoms. The Hall–Kier alpha value is -3.18. The van der Waals surface area contributed by atoms with E-state index in [0.29, 0.717) is 16.1 Å². The molecule has 2 N–H and O–H groups in total. The number of ether oxygens (including phenoxy) is 1. The fraction of sp³-hybridized carbons (Fsp3) is 0.300. The van der Waals surface area contributed by atoms with Gasteiger partial charge in [-0.15, -0.1) is 11.3 Å². The zero-order chi connectivity index (χ0) is 20.7. The van der Waals surface area contributed by atoms with Crippen molar-refractivity contribution in [1.82, 2.24) is 5.32 Å². The molecule has 2 atom stereocenters. The van der Waals surface area contributed by atoms with E-state index < -0.39 is 24.0 Å². The van der Waals surface area contributed by atoms with Gasteiger partial charge in [-0.2, -0.15) is 5.26 Å². The molecule has 0 spiro atoms. The standard InChI is InChI=1S/C20H21N3O4S/c1-12(2)17(23-19(25)16-9-6-10-28-16)20(26)27-13(3)18(24)22-15-8-5-4-7-14(15)11-21/h4-10,12-13,17H,1-3H3,(H,22,24)(H,23,25)/t13-,17+/m0/s1. The summed E-state index contributed by atoms with van der Waals surface area (Å²) in [7, 11) is 0. The lowest BCUT2D eigenvalue weighted by Gasteiger charge is -2.22. The van der Waals surface area contributed by atoms with Crippen LogP contribution in [0.3, 0.4) is 0 Å². The first-order valence-electron chi connectivity index (χ1n) is 8.68. The third-order valence-corrected chi connectivity index (χ3v) is 4.79. The first-order valence-corrected chi connectivity index (χ1v) is 9.56. The van der Waals surface area contributed by atoms with E-state index in [4.69, 9.17) is 10.00 Å². The molecule has 2 aromatic rings. The van der Waals surface area contributed by atoms with Gasteiger partial charge in [0.25, 0.3) is 11.8 Å². The number of benzene rings is 1. The summed E-state index contributed by atoms with van der Waals surface area (Å²) in [5.41, 5.74) is 0.641. The summed E-state index contributed by atoms with van der Waals surface area (Å²) in [6.45, 7) is 4.98. The summed E-state index contributed by atoms with van der Waals surface area (Å²) in [4.78, 5) is 37.6. The van der Waals surface area contributed by atoms with Gasteiger partial charge in [-0.05, 0) is 36.4 Å². The molecule has 1 aromatic carbocycles. The van der Waals surface area contributed by atoms with Crippen molar-refractivity contribution in [2.45, 2.75) is 32.9 Å². The van der Waals surface area contributed by atoms with Crippen LogP contribution in [-0.4, -0.2) is 29.9 Å². The number of carbonyl (C=O) groups excluding carboxylic acids is 3. The number of anilines is 1. The lowest BCUT2D eigenvalue weighted by atomic mass is 10.0.